The smallest absolute Gasteiger partial charge is 0.274 e. The van der Waals surface area contributed by atoms with Gasteiger partial charge in [-0.05, 0) is 25.5 Å². The summed E-state index contributed by atoms with van der Waals surface area (Å²) in [5, 5.41) is 13.1. The number of pyridine rings is 1. The van der Waals surface area contributed by atoms with Gasteiger partial charge in [0, 0.05) is 12.8 Å². The van der Waals surface area contributed by atoms with Gasteiger partial charge in [-0.1, -0.05) is 6.07 Å². The molecule has 2 aromatic heterocycles. The van der Waals surface area contributed by atoms with E-state index in [1.807, 2.05) is 18.2 Å². The van der Waals surface area contributed by atoms with E-state index in [9.17, 15) is 4.79 Å². The zero-order chi connectivity index (χ0) is 16.1. The van der Waals surface area contributed by atoms with Crippen molar-refractivity contribution in [2.75, 3.05) is 13.2 Å². The van der Waals surface area contributed by atoms with Crippen molar-refractivity contribution in [3.63, 3.8) is 0 Å². The number of aromatic nitrogens is 4. The summed E-state index contributed by atoms with van der Waals surface area (Å²) in [4.78, 5) is 16.5. The lowest BCUT2D eigenvalue weighted by Gasteiger charge is -2.31. The number of aryl methyl sites for hydroxylation is 1. The Morgan fingerprint density at radius 3 is 3.13 bits per heavy atom. The molecule has 1 aliphatic heterocycles. The molecule has 8 nitrogen and oxygen atoms in total. The van der Waals surface area contributed by atoms with Crippen LogP contribution in [0, 0.1) is 6.92 Å². The van der Waals surface area contributed by atoms with Gasteiger partial charge in [0.05, 0.1) is 36.7 Å². The molecule has 1 aliphatic rings. The highest BCUT2D eigenvalue weighted by atomic mass is 16.5. The molecular formula is C15H19N5O3. The first kappa shape index (κ1) is 15.6. The predicted molar refractivity (Wildman–Crippen MR) is 80.6 cm³/mol. The molecule has 2 aromatic rings. The molecule has 0 saturated carbocycles. The fourth-order valence-corrected chi connectivity index (χ4v) is 2.46. The number of carbonyl (C=O) groups excluding carboxylic acids is 1. The molecule has 122 valence electrons. The number of aromatic amines is 1. The zero-order valence-electron chi connectivity index (χ0n) is 12.9. The second-order valence-corrected chi connectivity index (χ2v) is 5.37. The van der Waals surface area contributed by atoms with E-state index in [0.717, 1.165) is 12.1 Å². The summed E-state index contributed by atoms with van der Waals surface area (Å²) in [6, 6.07) is 5.46. The molecule has 1 amide bonds. The van der Waals surface area contributed by atoms with Crippen LogP contribution in [0.5, 0.6) is 0 Å². The van der Waals surface area contributed by atoms with Crippen LogP contribution in [0.4, 0.5) is 0 Å². The van der Waals surface area contributed by atoms with Crippen molar-refractivity contribution in [1.29, 1.82) is 0 Å². The molecule has 2 atom stereocenters. The average molecular weight is 317 g/mol. The second-order valence-electron chi connectivity index (χ2n) is 5.37. The van der Waals surface area contributed by atoms with Crippen molar-refractivity contribution in [3.05, 3.63) is 41.5 Å². The molecule has 0 spiro atoms. The van der Waals surface area contributed by atoms with E-state index in [1.54, 1.807) is 13.1 Å². The molecule has 1 fully saturated rings. The molecule has 0 radical (unpaired) electrons. The van der Waals surface area contributed by atoms with E-state index >= 15 is 0 Å². The summed E-state index contributed by atoms with van der Waals surface area (Å²) >= 11 is 0. The number of amides is 1. The number of hydrogen-bond donors (Lipinski definition) is 2. The number of nitrogens with zero attached hydrogens (tertiary/aromatic N) is 3. The van der Waals surface area contributed by atoms with Crippen molar-refractivity contribution < 1.29 is 14.3 Å². The molecule has 0 aromatic carbocycles. The van der Waals surface area contributed by atoms with Crippen LogP contribution < -0.4 is 5.32 Å². The quantitative estimate of drug-likeness (QED) is 0.838. The number of rotatable bonds is 5. The molecule has 1 saturated heterocycles. The monoisotopic (exact) mass is 317 g/mol. The maximum atomic E-state index is 12.3. The molecule has 0 aliphatic carbocycles. The van der Waals surface area contributed by atoms with E-state index in [-0.39, 0.29) is 18.1 Å². The first-order valence-electron chi connectivity index (χ1n) is 7.51. The van der Waals surface area contributed by atoms with Gasteiger partial charge < -0.3 is 14.8 Å². The molecule has 0 unspecified atom stereocenters. The average Bonchev–Trinajstić information content (AvgIpc) is 3.01. The third kappa shape index (κ3) is 3.91. The molecule has 3 rings (SSSR count). The van der Waals surface area contributed by atoms with E-state index in [1.165, 1.54) is 0 Å². The van der Waals surface area contributed by atoms with Gasteiger partial charge in [-0.2, -0.15) is 15.4 Å². The van der Waals surface area contributed by atoms with Crippen molar-refractivity contribution in [2.45, 2.75) is 32.1 Å². The Morgan fingerprint density at radius 2 is 2.39 bits per heavy atom. The largest absolute Gasteiger partial charge is 0.379 e. The second kappa shape index (κ2) is 7.30. The fourth-order valence-electron chi connectivity index (χ4n) is 2.46. The number of hydrogen-bond acceptors (Lipinski definition) is 6. The lowest BCUT2D eigenvalue weighted by atomic mass is 10.1. The van der Waals surface area contributed by atoms with Crippen LogP contribution in [0.1, 0.15) is 28.3 Å². The minimum atomic E-state index is -0.279. The maximum Gasteiger partial charge on any atom is 0.274 e. The summed E-state index contributed by atoms with van der Waals surface area (Å²) < 4.78 is 11.4. The Balaban J connectivity index is 1.60. The van der Waals surface area contributed by atoms with Crippen LogP contribution in [0.3, 0.4) is 0 Å². The first-order chi connectivity index (χ1) is 11.2. The Hall–Kier alpha value is -2.32. The summed E-state index contributed by atoms with van der Waals surface area (Å²) in [5.41, 5.74) is 1.71. The fraction of sp³-hybridized carbons (Fsp3) is 0.467. The van der Waals surface area contributed by atoms with Crippen molar-refractivity contribution in [3.8, 4) is 0 Å². The van der Waals surface area contributed by atoms with Gasteiger partial charge in [0.25, 0.3) is 5.91 Å². The van der Waals surface area contributed by atoms with Gasteiger partial charge in [0.15, 0.2) is 5.69 Å². The van der Waals surface area contributed by atoms with Gasteiger partial charge in [-0.15, -0.1) is 0 Å². The van der Waals surface area contributed by atoms with Crippen molar-refractivity contribution >= 4 is 5.91 Å². The van der Waals surface area contributed by atoms with E-state index in [4.69, 9.17) is 9.47 Å². The van der Waals surface area contributed by atoms with Gasteiger partial charge >= 0.3 is 0 Å². The van der Waals surface area contributed by atoms with Crippen LogP contribution in [0.25, 0.3) is 0 Å². The van der Waals surface area contributed by atoms with Crippen LogP contribution in [-0.4, -0.2) is 51.7 Å². The van der Waals surface area contributed by atoms with E-state index in [0.29, 0.717) is 31.2 Å². The number of nitrogens with one attached hydrogen (secondary N) is 2. The molecule has 23 heavy (non-hydrogen) atoms. The molecule has 2 N–H and O–H groups in total. The summed E-state index contributed by atoms with van der Waals surface area (Å²) in [7, 11) is 0. The number of ether oxygens (including phenoxy) is 2. The molecule has 0 bridgehead atoms. The van der Waals surface area contributed by atoms with E-state index in [2.05, 4.69) is 25.7 Å². The minimum absolute atomic E-state index is 0.123. The SMILES string of the molecule is Cc1n[nH]nc1C(=O)N[C@@H]1COCC[C@H]1OCc1ccccn1. The van der Waals surface area contributed by atoms with Crippen molar-refractivity contribution in [1.82, 2.24) is 25.7 Å². The number of carbonyl (C=O) groups is 1. The molecule has 8 heteroatoms. The lowest BCUT2D eigenvalue weighted by molar-refractivity contribution is -0.0613. The van der Waals surface area contributed by atoms with Gasteiger partial charge in [0.1, 0.15) is 0 Å². The van der Waals surface area contributed by atoms with Crippen LogP contribution in [0.2, 0.25) is 0 Å². The van der Waals surface area contributed by atoms with Gasteiger partial charge in [-0.25, -0.2) is 0 Å². The standard InChI is InChI=1S/C15H19N5O3/c1-10-14(19-20-18-10)15(21)17-12-9-22-7-5-13(12)23-8-11-4-2-3-6-16-11/h2-4,6,12-13H,5,7-9H2,1H3,(H,17,21)(H,18,19,20)/t12-,13-/m1/s1. The minimum Gasteiger partial charge on any atom is -0.379 e. The third-order valence-electron chi connectivity index (χ3n) is 3.72. The normalized spacial score (nSPS) is 21.1. The Kier molecular flexibility index (Phi) is 4.94. The highest BCUT2D eigenvalue weighted by Crippen LogP contribution is 2.14. The Morgan fingerprint density at radius 1 is 1.48 bits per heavy atom. The highest BCUT2D eigenvalue weighted by Gasteiger charge is 2.29. The van der Waals surface area contributed by atoms with Crippen LogP contribution in [-0.2, 0) is 16.1 Å². The van der Waals surface area contributed by atoms with Crippen molar-refractivity contribution in [2.24, 2.45) is 0 Å². The maximum absolute atomic E-state index is 12.3. The van der Waals surface area contributed by atoms with Gasteiger partial charge in [-0.3, -0.25) is 9.78 Å². The number of H-pyrrole nitrogens is 1. The Bertz CT molecular complexity index is 646. The van der Waals surface area contributed by atoms with Crippen LogP contribution >= 0.6 is 0 Å². The van der Waals surface area contributed by atoms with Gasteiger partial charge in [0.2, 0.25) is 0 Å². The highest BCUT2D eigenvalue weighted by molar-refractivity contribution is 5.93. The zero-order valence-corrected chi connectivity index (χ0v) is 12.9. The summed E-state index contributed by atoms with van der Waals surface area (Å²) in [6.07, 6.45) is 2.33. The van der Waals surface area contributed by atoms with Crippen LogP contribution in [0.15, 0.2) is 24.4 Å². The Labute approximate surface area is 133 Å². The third-order valence-corrected chi connectivity index (χ3v) is 3.72. The predicted octanol–water partition coefficient (Wildman–Crippen LogP) is 0.612. The lowest BCUT2D eigenvalue weighted by Crippen LogP contribution is -2.50. The van der Waals surface area contributed by atoms with E-state index < -0.39 is 0 Å². The molecule has 3 heterocycles. The first-order valence-corrected chi connectivity index (χ1v) is 7.51. The summed E-state index contributed by atoms with van der Waals surface area (Å²) in [5.74, 6) is -0.279. The summed E-state index contributed by atoms with van der Waals surface area (Å²) in [6.45, 7) is 3.16. The topological polar surface area (TPSA) is 102 Å². The molecular weight excluding hydrogens is 298 g/mol.